The van der Waals surface area contributed by atoms with E-state index in [0.29, 0.717) is 30.8 Å². The monoisotopic (exact) mass is 383 g/mol. The summed E-state index contributed by atoms with van der Waals surface area (Å²) in [5, 5.41) is 11.0. The maximum Gasteiger partial charge on any atom is 0.264 e. The van der Waals surface area contributed by atoms with Crippen LogP contribution in [0.3, 0.4) is 0 Å². The number of benzene rings is 2. The second kappa shape index (κ2) is 8.02. The first-order chi connectivity index (χ1) is 13.4. The highest BCUT2D eigenvalue weighted by atomic mass is 16.5. The Morgan fingerprint density at radius 2 is 1.82 bits per heavy atom. The van der Waals surface area contributed by atoms with Crippen LogP contribution in [0, 0.1) is 6.92 Å². The standard InChI is InChI=1S/C22H25NO5/c1-15-6-4-7-19-20(15)23(21(25)22(19,26)14-16(2)24)12-5-13-28-18-10-8-17(27-3)9-11-18/h4,6-11,26H,5,12-14H2,1-3H3/t22-/m0/s1. The minimum absolute atomic E-state index is 0.221. The molecule has 148 valence electrons. The van der Waals surface area contributed by atoms with Gasteiger partial charge < -0.3 is 19.5 Å². The molecule has 2 aromatic rings. The fraction of sp³-hybridized carbons (Fsp3) is 0.364. The summed E-state index contributed by atoms with van der Waals surface area (Å²) in [6, 6.07) is 12.7. The molecule has 0 unspecified atom stereocenters. The highest BCUT2D eigenvalue weighted by Gasteiger charge is 2.50. The van der Waals surface area contributed by atoms with Crippen LogP contribution in [-0.2, 0) is 15.2 Å². The molecule has 0 aromatic heterocycles. The Bertz CT molecular complexity index is 877. The van der Waals surface area contributed by atoms with Gasteiger partial charge in [-0.2, -0.15) is 0 Å². The molecule has 1 atom stereocenters. The Morgan fingerprint density at radius 3 is 2.46 bits per heavy atom. The Hall–Kier alpha value is -2.86. The maximum atomic E-state index is 13.0. The molecule has 1 heterocycles. The number of Topliss-reactive ketones (excluding diaryl/α,β-unsaturated/α-hetero) is 1. The summed E-state index contributed by atoms with van der Waals surface area (Å²) in [5.41, 5.74) is 0.301. The number of ether oxygens (including phenoxy) is 2. The van der Waals surface area contributed by atoms with Crippen LogP contribution in [-0.4, -0.2) is 37.1 Å². The normalized spacial score (nSPS) is 18.1. The van der Waals surface area contributed by atoms with Gasteiger partial charge in [0.1, 0.15) is 17.3 Å². The minimum Gasteiger partial charge on any atom is -0.497 e. The second-order valence-electron chi connectivity index (χ2n) is 7.04. The average molecular weight is 383 g/mol. The van der Waals surface area contributed by atoms with Crippen molar-refractivity contribution < 1.29 is 24.2 Å². The minimum atomic E-state index is -1.79. The lowest BCUT2D eigenvalue weighted by atomic mass is 9.89. The Labute approximate surface area is 164 Å². The number of para-hydroxylation sites is 1. The van der Waals surface area contributed by atoms with Gasteiger partial charge >= 0.3 is 0 Å². The van der Waals surface area contributed by atoms with E-state index in [2.05, 4.69) is 0 Å². The predicted molar refractivity (Wildman–Crippen MR) is 106 cm³/mol. The summed E-state index contributed by atoms with van der Waals surface area (Å²) in [6.07, 6.45) is 0.364. The highest BCUT2D eigenvalue weighted by molar-refractivity contribution is 6.09. The Balaban J connectivity index is 1.70. The third-order valence-corrected chi connectivity index (χ3v) is 4.91. The fourth-order valence-corrected chi connectivity index (χ4v) is 3.62. The molecule has 0 spiro atoms. The van der Waals surface area contributed by atoms with Crippen LogP contribution >= 0.6 is 0 Å². The molecule has 0 saturated heterocycles. The Morgan fingerprint density at radius 1 is 1.14 bits per heavy atom. The van der Waals surface area contributed by atoms with Gasteiger partial charge in [0, 0.05) is 18.5 Å². The lowest BCUT2D eigenvalue weighted by molar-refractivity contribution is -0.141. The molecule has 1 aliphatic heterocycles. The molecular formula is C22H25NO5. The number of nitrogens with zero attached hydrogens (tertiary/aromatic N) is 1. The van der Waals surface area contributed by atoms with Crippen molar-refractivity contribution in [2.45, 2.75) is 32.3 Å². The summed E-state index contributed by atoms with van der Waals surface area (Å²) < 4.78 is 10.8. The summed E-state index contributed by atoms with van der Waals surface area (Å²) in [6.45, 7) is 4.09. The van der Waals surface area contributed by atoms with Crippen molar-refractivity contribution in [1.29, 1.82) is 0 Å². The van der Waals surface area contributed by atoms with Crippen LogP contribution in [0.4, 0.5) is 5.69 Å². The van der Waals surface area contributed by atoms with E-state index in [4.69, 9.17) is 9.47 Å². The van der Waals surface area contributed by atoms with Gasteiger partial charge in [-0.1, -0.05) is 18.2 Å². The van der Waals surface area contributed by atoms with Crippen LogP contribution in [0.5, 0.6) is 11.5 Å². The maximum absolute atomic E-state index is 13.0. The first-order valence-electron chi connectivity index (χ1n) is 9.27. The summed E-state index contributed by atoms with van der Waals surface area (Å²) in [4.78, 5) is 26.2. The average Bonchev–Trinajstić information content (AvgIpc) is 2.87. The van der Waals surface area contributed by atoms with E-state index in [1.807, 2.05) is 37.3 Å². The van der Waals surface area contributed by atoms with E-state index in [9.17, 15) is 14.7 Å². The molecule has 6 heteroatoms. The van der Waals surface area contributed by atoms with E-state index < -0.39 is 11.5 Å². The molecule has 0 aliphatic carbocycles. The van der Waals surface area contributed by atoms with Gasteiger partial charge in [-0.3, -0.25) is 9.59 Å². The molecular weight excluding hydrogens is 358 g/mol. The van der Waals surface area contributed by atoms with Crippen molar-refractivity contribution in [3.05, 3.63) is 53.6 Å². The van der Waals surface area contributed by atoms with Crippen molar-refractivity contribution in [2.75, 3.05) is 25.2 Å². The molecule has 1 N–H and O–H groups in total. The number of carbonyl (C=O) groups is 2. The van der Waals surface area contributed by atoms with E-state index in [1.54, 1.807) is 24.1 Å². The van der Waals surface area contributed by atoms with Gasteiger partial charge in [-0.25, -0.2) is 0 Å². The number of hydrogen-bond donors (Lipinski definition) is 1. The van der Waals surface area contributed by atoms with E-state index in [-0.39, 0.29) is 12.2 Å². The molecule has 6 nitrogen and oxygen atoms in total. The summed E-state index contributed by atoms with van der Waals surface area (Å²) >= 11 is 0. The van der Waals surface area contributed by atoms with E-state index in [0.717, 1.165) is 17.1 Å². The smallest absolute Gasteiger partial charge is 0.264 e. The SMILES string of the molecule is COc1ccc(OCCCN2C(=O)[C@](O)(CC(C)=O)c3cccc(C)c32)cc1. The highest BCUT2D eigenvalue weighted by Crippen LogP contribution is 2.44. The number of methoxy groups -OCH3 is 1. The van der Waals surface area contributed by atoms with Gasteiger partial charge in [0.2, 0.25) is 0 Å². The quantitative estimate of drug-likeness (QED) is 0.709. The zero-order valence-corrected chi connectivity index (χ0v) is 16.4. The third-order valence-electron chi connectivity index (χ3n) is 4.91. The zero-order valence-electron chi connectivity index (χ0n) is 16.4. The first-order valence-corrected chi connectivity index (χ1v) is 9.27. The third kappa shape index (κ3) is 3.73. The zero-order chi connectivity index (χ0) is 20.3. The van der Waals surface area contributed by atoms with Crippen LogP contribution < -0.4 is 14.4 Å². The number of rotatable bonds is 8. The van der Waals surface area contributed by atoms with Gasteiger partial charge in [0.25, 0.3) is 5.91 Å². The number of fused-ring (bicyclic) bond motifs is 1. The number of aliphatic hydroxyl groups is 1. The lowest BCUT2D eigenvalue weighted by Crippen LogP contribution is -2.42. The van der Waals surface area contributed by atoms with Gasteiger partial charge in [0.15, 0.2) is 5.60 Å². The van der Waals surface area contributed by atoms with Gasteiger partial charge in [-0.15, -0.1) is 0 Å². The molecule has 0 radical (unpaired) electrons. The molecule has 28 heavy (non-hydrogen) atoms. The van der Waals surface area contributed by atoms with E-state index in [1.165, 1.54) is 6.92 Å². The summed E-state index contributed by atoms with van der Waals surface area (Å²) in [5.74, 6) is 0.800. The molecule has 0 bridgehead atoms. The van der Waals surface area contributed by atoms with Crippen LogP contribution in [0.2, 0.25) is 0 Å². The molecule has 1 aliphatic rings. The number of carbonyl (C=O) groups excluding carboxylic acids is 2. The van der Waals surface area contributed by atoms with Crippen molar-refractivity contribution in [2.24, 2.45) is 0 Å². The van der Waals surface area contributed by atoms with Crippen molar-refractivity contribution in [1.82, 2.24) is 0 Å². The molecule has 1 amide bonds. The fourth-order valence-electron chi connectivity index (χ4n) is 3.62. The number of aryl methyl sites for hydroxylation is 1. The summed E-state index contributed by atoms with van der Waals surface area (Å²) in [7, 11) is 1.61. The number of amides is 1. The Kier molecular flexibility index (Phi) is 5.70. The number of anilines is 1. The largest absolute Gasteiger partial charge is 0.497 e. The van der Waals surface area contributed by atoms with Crippen LogP contribution in [0.25, 0.3) is 0 Å². The molecule has 3 rings (SSSR count). The molecule has 0 fully saturated rings. The molecule has 0 saturated carbocycles. The van der Waals surface area contributed by atoms with E-state index >= 15 is 0 Å². The molecule has 2 aromatic carbocycles. The predicted octanol–water partition coefficient (Wildman–Crippen LogP) is 2.99. The number of hydrogen-bond acceptors (Lipinski definition) is 5. The number of ketones is 1. The van der Waals surface area contributed by atoms with Crippen LogP contribution in [0.1, 0.15) is 30.9 Å². The topological polar surface area (TPSA) is 76.1 Å². The van der Waals surface area contributed by atoms with Gasteiger partial charge in [-0.05, 0) is 50.1 Å². The van der Waals surface area contributed by atoms with Gasteiger partial charge in [0.05, 0.1) is 19.4 Å². The van der Waals surface area contributed by atoms with Crippen molar-refractivity contribution in [3.8, 4) is 11.5 Å². The second-order valence-corrected chi connectivity index (χ2v) is 7.04. The lowest BCUT2D eigenvalue weighted by Gasteiger charge is -2.22. The van der Waals surface area contributed by atoms with Crippen molar-refractivity contribution in [3.63, 3.8) is 0 Å². The van der Waals surface area contributed by atoms with Crippen LogP contribution in [0.15, 0.2) is 42.5 Å². The first kappa shape index (κ1) is 19.9. The van der Waals surface area contributed by atoms with Crippen molar-refractivity contribution >= 4 is 17.4 Å².